The zero-order valence-corrected chi connectivity index (χ0v) is 15.4. The number of amides is 3. The molecule has 5 nitrogen and oxygen atoms in total. The number of allylic oxidation sites excluding steroid dienone is 2. The fraction of sp³-hybridized carbons (Fsp3) is 0.526. The van der Waals surface area contributed by atoms with Crippen LogP contribution in [-0.2, 0) is 20.9 Å². The van der Waals surface area contributed by atoms with Gasteiger partial charge in [-0.1, -0.05) is 32.1 Å². The highest BCUT2D eigenvalue weighted by Crippen LogP contribution is 2.37. The molecule has 1 aliphatic heterocycles. The van der Waals surface area contributed by atoms with Gasteiger partial charge < -0.3 is 5.32 Å². The van der Waals surface area contributed by atoms with Gasteiger partial charge in [0.1, 0.15) is 6.04 Å². The molecule has 1 aromatic heterocycles. The highest BCUT2D eigenvalue weighted by Gasteiger charge is 2.51. The molecule has 3 amide bonds. The summed E-state index contributed by atoms with van der Waals surface area (Å²) in [6.07, 6.45) is 5.60. The third-order valence-corrected chi connectivity index (χ3v) is 5.74. The Bertz CT molecular complexity index is 655. The van der Waals surface area contributed by atoms with Gasteiger partial charge >= 0.3 is 0 Å². The van der Waals surface area contributed by atoms with Crippen LogP contribution in [-0.4, -0.2) is 28.7 Å². The van der Waals surface area contributed by atoms with Crippen LogP contribution >= 0.6 is 11.3 Å². The van der Waals surface area contributed by atoms with Crippen LogP contribution in [0.15, 0.2) is 29.7 Å². The molecule has 0 saturated carbocycles. The Morgan fingerprint density at radius 3 is 2.40 bits per heavy atom. The Hall–Kier alpha value is -1.95. The van der Waals surface area contributed by atoms with E-state index in [1.165, 1.54) is 4.90 Å². The zero-order valence-electron chi connectivity index (χ0n) is 14.6. The SMILES string of the molecule is CC(C)C[C@@H](C(=O)NCc1cccs1)N1C(=O)[C@H]2CC=CC[C@H]2C1=O. The Kier molecular flexibility index (Phi) is 5.37. The number of hydrogen-bond donors (Lipinski definition) is 1. The molecule has 25 heavy (non-hydrogen) atoms. The van der Waals surface area contributed by atoms with Crippen LogP contribution in [0.2, 0.25) is 0 Å². The highest BCUT2D eigenvalue weighted by atomic mass is 32.1. The molecule has 134 valence electrons. The largest absolute Gasteiger partial charge is 0.349 e. The molecule has 1 fully saturated rings. The third-order valence-electron chi connectivity index (χ3n) is 4.87. The van der Waals surface area contributed by atoms with E-state index >= 15 is 0 Å². The van der Waals surface area contributed by atoms with Gasteiger partial charge in [-0.15, -0.1) is 11.3 Å². The number of thiophene rings is 1. The van der Waals surface area contributed by atoms with Crippen molar-refractivity contribution in [1.29, 1.82) is 0 Å². The summed E-state index contributed by atoms with van der Waals surface area (Å²) in [5.74, 6) is -0.990. The predicted molar refractivity (Wildman–Crippen MR) is 96.6 cm³/mol. The van der Waals surface area contributed by atoms with Gasteiger partial charge in [-0.3, -0.25) is 19.3 Å². The first kappa shape index (κ1) is 17.9. The first-order valence-corrected chi connectivity index (χ1v) is 9.69. The van der Waals surface area contributed by atoms with Gasteiger partial charge in [-0.2, -0.15) is 0 Å². The number of fused-ring (bicyclic) bond motifs is 1. The lowest BCUT2D eigenvalue weighted by Gasteiger charge is -2.27. The molecule has 2 heterocycles. The molecule has 0 bridgehead atoms. The summed E-state index contributed by atoms with van der Waals surface area (Å²) in [4.78, 5) is 40.7. The van der Waals surface area contributed by atoms with Gasteiger partial charge in [-0.05, 0) is 36.6 Å². The summed E-state index contributed by atoms with van der Waals surface area (Å²) in [6, 6.07) is 3.17. The second kappa shape index (κ2) is 7.52. The van der Waals surface area contributed by atoms with Gasteiger partial charge in [0.2, 0.25) is 17.7 Å². The molecule has 2 aliphatic rings. The second-order valence-electron chi connectivity index (χ2n) is 7.14. The zero-order chi connectivity index (χ0) is 18.0. The Morgan fingerprint density at radius 2 is 1.88 bits per heavy atom. The van der Waals surface area contributed by atoms with Crippen molar-refractivity contribution >= 4 is 29.1 Å². The van der Waals surface area contributed by atoms with Crippen molar-refractivity contribution in [2.24, 2.45) is 17.8 Å². The van der Waals surface area contributed by atoms with Crippen LogP contribution in [0.25, 0.3) is 0 Å². The summed E-state index contributed by atoms with van der Waals surface area (Å²) in [7, 11) is 0. The first-order valence-electron chi connectivity index (χ1n) is 8.81. The summed E-state index contributed by atoms with van der Waals surface area (Å²) < 4.78 is 0. The third kappa shape index (κ3) is 3.68. The predicted octanol–water partition coefficient (Wildman–Crippen LogP) is 2.73. The summed E-state index contributed by atoms with van der Waals surface area (Å²) in [5, 5.41) is 4.86. The molecule has 0 aromatic carbocycles. The van der Waals surface area contributed by atoms with E-state index in [2.05, 4.69) is 5.32 Å². The molecule has 6 heteroatoms. The Balaban J connectivity index is 1.76. The molecular formula is C19H24N2O3S. The van der Waals surface area contributed by atoms with E-state index in [0.717, 1.165) is 4.88 Å². The lowest BCUT2D eigenvalue weighted by atomic mass is 9.85. The second-order valence-corrected chi connectivity index (χ2v) is 8.18. The molecule has 3 atom stereocenters. The van der Waals surface area contributed by atoms with E-state index in [1.807, 2.05) is 43.5 Å². The van der Waals surface area contributed by atoms with Gasteiger partial charge in [0, 0.05) is 4.88 Å². The van der Waals surface area contributed by atoms with E-state index in [9.17, 15) is 14.4 Å². The minimum absolute atomic E-state index is 0.184. The average molecular weight is 360 g/mol. The monoisotopic (exact) mass is 360 g/mol. The molecule has 0 radical (unpaired) electrons. The van der Waals surface area contributed by atoms with Crippen molar-refractivity contribution in [2.75, 3.05) is 0 Å². The van der Waals surface area contributed by atoms with E-state index in [-0.39, 0.29) is 35.5 Å². The molecule has 1 aliphatic carbocycles. The van der Waals surface area contributed by atoms with Crippen molar-refractivity contribution in [1.82, 2.24) is 10.2 Å². The van der Waals surface area contributed by atoms with Crippen molar-refractivity contribution in [3.05, 3.63) is 34.5 Å². The molecule has 1 N–H and O–H groups in total. The van der Waals surface area contributed by atoms with Crippen molar-refractivity contribution in [3.63, 3.8) is 0 Å². The number of carbonyl (C=O) groups excluding carboxylic acids is 3. The van der Waals surface area contributed by atoms with Crippen LogP contribution in [0.5, 0.6) is 0 Å². The summed E-state index contributed by atoms with van der Waals surface area (Å²) in [6.45, 7) is 4.42. The van der Waals surface area contributed by atoms with E-state index < -0.39 is 6.04 Å². The van der Waals surface area contributed by atoms with Crippen molar-refractivity contribution in [2.45, 2.75) is 45.7 Å². The van der Waals surface area contributed by atoms with Crippen LogP contribution < -0.4 is 5.32 Å². The Labute approximate surface area is 152 Å². The van der Waals surface area contributed by atoms with Crippen LogP contribution in [0.1, 0.15) is 38.0 Å². The topological polar surface area (TPSA) is 66.5 Å². The Morgan fingerprint density at radius 1 is 1.24 bits per heavy atom. The minimum Gasteiger partial charge on any atom is -0.349 e. The van der Waals surface area contributed by atoms with Crippen molar-refractivity contribution in [3.8, 4) is 0 Å². The van der Waals surface area contributed by atoms with Gasteiger partial charge in [0.25, 0.3) is 0 Å². The van der Waals surface area contributed by atoms with Gasteiger partial charge in [-0.25, -0.2) is 0 Å². The highest BCUT2D eigenvalue weighted by molar-refractivity contribution is 7.09. The molecule has 0 spiro atoms. The lowest BCUT2D eigenvalue weighted by molar-refractivity contribution is -0.148. The molecule has 1 saturated heterocycles. The number of rotatable bonds is 6. The van der Waals surface area contributed by atoms with E-state index in [1.54, 1.807) is 11.3 Å². The number of imide groups is 1. The van der Waals surface area contributed by atoms with Crippen LogP contribution in [0, 0.1) is 17.8 Å². The average Bonchev–Trinajstić information content (AvgIpc) is 3.19. The smallest absolute Gasteiger partial charge is 0.243 e. The maximum Gasteiger partial charge on any atom is 0.243 e. The molecule has 3 rings (SSSR count). The fourth-order valence-electron chi connectivity index (χ4n) is 3.61. The lowest BCUT2D eigenvalue weighted by Crippen LogP contribution is -2.50. The maximum atomic E-state index is 12.8. The normalized spacial score (nSPS) is 23.9. The number of hydrogen-bond acceptors (Lipinski definition) is 4. The fourth-order valence-corrected chi connectivity index (χ4v) is 4.26. The number of nitrogens with one attached hydrogen (secondary N) is 1. The molecular weight excluding hydrogens is 336 g/mol. The van der Waals surface area contributed by atoms with E-state index in [4.69, 9.17) is 0 Å². The maximum absolute atomic E-state index is 12.8. The number of likely N-dealkylation sites (tertiary alicyclic amines) is 1. The first-order chi connectivity index (χ1) is 12.0. The standard InChI is InChI=1S/C19H24N2O3S/c1-12(2)10-16(17(22)20-11-13-6-5-9-25-13)21-18(23)14-7-3-4-8-15(14)19(21)24/h3-6,9,12,14-16H,7-8,10-11H2,1-2H3,(H,20,22)/t14-,15+,16-/m0/s1. The minimum atomic E-state index is -0.717. The number of carbonyl (C=O) groups is 3. The quantitative estimate of drug-likeness (QED) is 0.627. The number of nitrogens with zero attached hydrogens (tertiary/aromatic N) is 1. The van der Waals surface area contributed by atoms with Gasteiger partial charge in [0.05, 0.1) is 18.4 Å². The molecule has 1 aromatic rings. The van der Waals surface area contributed by atoms with Crippen LogP contribution in [0.4, 0.5) is 0 Å². The van der Waals surface area contributed by atoms with E-state index in [0.29, 0.717) is 25.8 Å². The molecule has 0 unspecified atom stereocenters. The van der Waals surface area contributed by atoms with Crippen LogP contribution in [0.3, 0.4) is 0 Å². The summed E-state index contributed by atoms with van der Waals surface area (Å²) in [5.41, 5.74) is 0. The van der Waals surface area contributed by atoms with Crippen molar-refractivity contribution < 1.29 is 14.4 Å². The van der Waals surface area contributed by atoms with Gasteiger partial charge in [0.15, 0.2) is 0 Å². The summed E-state index contributed by atoms with van der Waals surface area (Å²) >= 11 is 1.57.